The van der Waals surface area contributed by atoms with Crippen molar-refractivity contribution in [1.29, 1.82) is 0 Å². The van der Waals surface area contributed by atoms with Crippen LogP contribution >= 0.6 is 0 Å². The molecule has 0 unspecified atom stereocenters. The van der Waals surface area contributed by atoms with Crippen LogP contribution in [0.4, 0.5) is 0 Å². The molecule has 56 heavy (non-hydrogen) atoms. The highest BCUT2D eigenvalue weighted by Crippen LogP contribution is 2.63. The van der Waals surface area contributed by atoms with E-state index in [1.165, 1.54) is 44.5 Å². The van der Waals surface area contributed by atoms with Gasteiger partial charge in [0, 0.05) is 27.5 Å². The van der Waals surface area contributed by atoms with Crippen LogP contribution in [0.15, 0.2) is 192 Å². The Hall–Kier alpha value is -7.43. The first kappa shape index (κ1) is 26.4. The minimum absolute atomic E-state index is 0.0224. The molecule has 0 fully saturated rings. The van der Waals surface area contributed by atoms with Gasteiger partial charge < -0.3 is 4.42 Å². The van der Waals surface area contributed by atoms with Crippen molar-refractivity contribution in [2.24, 2.45) is 0 Å². The highest BCUT2D eigenvalue weighted by molar-refractivity contribution is 6.11. The fourth-order valence-corrected chi connectivity index (χ4v) is 9.24. The molecule has 0 amide bonds. The fourth-order valence-electron chi connectivity index (χ4n) is 9.24. The number of furan rings is 1. The number of hydrogen-bond donors (Lipinski definition) is 0. The van der Waals surface area contributed by atoms with Gasteiger partial charge in [-0.1, -0.05) is 176 Å². The molecule has 4 heteroatoms. The normalized spacial score (nSPS) is 14.4. The van der Waals surface area contributed by atoms with Crippen molar-refractivity contribution in [2.45, 2.75) is 5.41 Å². The Morgan fingerprint density at radius 1 is 0.393 bits per heavy atom. The molecule has 4 nitrogen and oxygen atoms in total. The summed E-state index contributed by atoms with van der Waals surface area (Å²) in [5.41, 5.74) is 14.3. The summed E-state index contributed by atoms with van der Waals surface area (Å²) in [6.45, 7) is 0. The molecular formula is C52H31N3O. The summed E-state index contributed by atoms with van der Waals surface area (Å²) < 4.78 is 49.0. The Balaban J connectivity index is 1.05. The van der Waals surface area contributed by atoms with Crippen LogP contribution in [0.1, 0.15) is 29.1 Å². The average molecular weight is 719 g/mol. The Bertz CT molecular complexity index is 3430. The topological polar surface area (TPSA) is 51.8 Å². The Morgan fingerprint density at radius 3 is 1.66 bits per heavy atom. The van der Waals surface area contributed by atoms with E-state index in [-0.39, 0.29) is 29.3 Å². The molecule has 0 N–H and O–H groups in total. The van der Waals surface area contributed by atoms with Gasteiger partial charge in [-0.2, -0.15) is 0 Å². The van der Waals surface area contributed by atoms with Gasteiger partial charge in [-0.3, -0.25) is 0 Å². The van der Waals surface area contributed by atoms with Gasteiger partial charge >= 0.3 is 0 Å². The fraction of sp³-hybridized carbons (Fsp3) is 0.0192. The SMILES string of the molecule is [2H]c1c([2H])c([2H])c(-c2nc(-c3ccc(-c4cccc5c4-c4ccccc4C54c5ccccc5-c5ccccc54)cc3)nc(-c3cccc4oc5ccccc5c34)n2)c([2H])c1[2H]. The van der Waals surface area contributed by atoms with Crippen molar-refractivity contribution in [1.82, 2.24) is 15.0 Å². The number of rotatable bonds is 4. The highest BCUT2D eigenvalue weighted by atomic mass is 16.3. The zero-order valence-corrected chi connectivity index (χ0v) is 29.8. The number of aromatic nitrogens is 3. The smallest absolute Gasteiger partial charge is 0.164 e. The average Bonchev–Trinajstić information content (AvgIpc) is 3.95. The van der Waals surface area contributed by atoms with Gasteiger partial charge in [0.25, 0.3) is 0 Å². The van der Waals surface area contributed by atoms with Gasteiger partial charge in [-0.05, 0) is 67.8 Å². The summed E-state index contributed by atoms with van der Waals surface area (Å²) in [6.07, 6.45) is 0. The van der Waals surface area contributed by atoms with Crippen LogP contribution in [0, 0.1) is 0 Å². The second kappa shape index (κ2) is 11.8. The number of para-hydroxylation sites is 1. The maximum Gasteiger partial charge on any atom is 0.164 e. The molecular weight excluding hydrogens is 683 g/mol. The highest BCUT2D eigenvalue weighted by Gasteiger charge is 2.51. The molecule has 2 aromatic heterocycles. The van der Waals surface area contributed by atoms with E-state index in [0.29, 0.717) is 28.1 Å². The summed E-state index contributed by atoms with van der Waals surface area (Å²) >= 11 is 0. The van der Waals surface area contributed by atoms with Gasteiger partial charge in [0.15, 0.2) is 17.5 Å². The summed E-state index contributed by atoms with van der Waals surface area (Å²) in [5.74, 6) is 0.559. The minimum atomic E-state index is -0.485. The van der Waals surface area contributed by atoms with Crippen molar-refractivity contribution < 1.29 is 11.3 Å². The standard InChI is InChI=1S/C52H31N3O/c1-2-14-33(15-3-1)49-53-50(55-51(54-49)40-21-13-27-46-48(40)39-19-7-11-26-45(39)56-46)34-30-28-32(29-31-34)35-20-12-25-44-47(35)38-18-6-10-24-43(38)52(44)41-22-8-4-16-36(41)37-17-5-9-23-42(37)52/h1-31H/i1D,2D,3D,14D,15D. The lowest BCUT2D eigenvalue weighted by Gasteiger charge is -2.30. The minimum Gasteiger partial charge on any atom is -0.456 e. The first-order valence-corrected chi connectivity index (χ1v) is 18.6. The van der Waals surface area contributed by atoms with Gasteiger partial charge in [0.1, 0.15) is 11.2 Å². The van der Waals surface area contributed by atoms with Gasteiger partial charge in [0.05, 0.1) is 12.3 Å². The lowest BCUT2D eigenvalue weighted by molar-refractivity contribution is 0.669. The molecule has 0 bridgehead atoms. The van der Waals surface area contributed by atoms with Gasteiger partial charge in [0.2, 0.25) is 0 Å². The molecule has 0 atom stereocenters. The monoisotopic (exact) mass is 718 g/mol. The van der Waals surface area contributed by atoms with Crippen molar-refractivity contribution in [3.05, 3.63) is 210 Å². The predicted molar refractivity (Wildman–Crippen MR) is 225 cm³/mol. The molecule has 10 aromatic rings. The van der Waals surface area contributed by atoms with Crippen molar-refractivity contribution in [3.8, 4) is 67.5 Å². The second-order valence-corrected chi connectivity index (χ2v) is 14.3. The third-order valence-electron chi connectivity index (χ3n) is 11.5. The summed E-state index contributed by atoms with van der Waals surface area (Å²) in [5, 5.41) is 1.69. The molecule has 2 aliphatic carbocycles. The summed E-state index contributed by atoms with van der Waals surface area (Å²) in [4.78, 5) is 14.7. The summed E-state index contributed by atoms with van der Waals surface area (Å²) in [7, 11) is 0. The Labute approximate surface area is 330 Å². The van der Waals surface area contributed by atoms with Crippen LogP contribution in [0.2, 0.25) is 0 Å². The number of nitrogens with zero attached hydrogens (tertiary/aromatic N) is 3. The molecule has 12 rings (SSSR count). The number of hydrogen-bond acceptors (Lipinski definition) is 4. The molecule has 1 spiro atoms. The Morgan fingerprint density at radius 2 is 0.911 bits per heavy atom. The van der Waals surface area contributed by atoms with E-state index in [4.69, 9.17) is 26.2 Å². The van der Waals surface area contributed by atoms with Crippen LogP contribution < -0.4 is 0 Å². The van der Waals surface area contributed by atoms with E-state index in [2.05, 4.69) is 103 Å². The molecule has 0 aliphatic heterocycles. The lowest BCUT2D eigenvalue weighted by Crippen LogP contribution is -2.25. The van der Waals surface area contributed by atoms with Crippen molar-refractivity contribution in [3.63, 3.8) is 0 Å². The van der Waals surface area contributed by atoms with E-state index >= 15 is 0 Å². The largest absolute Gasteiger partial charge is 0.456 e. The Kier molecular flexibility index (Phi) is 5.55. The number of fused-ring (bicyclic) bond motifs is 13. The third-order valence-corrected chi connectivity index (χ3v) is 11.5. The molecule has 2 heterocycles. The molecule has 260 valence electrons. The number of benzene rings is 8. The van der Waals surface area contributed by atoms with E-state index < -0.39 is 23.5 Å². The maximum atomic E-state index is 8.83. The maximum absolute atomic E-state index is 8.83. The molecule has 0 radical (unpaired) electrons. The van der Waals surface area contributed by atoms with Crippen LogP contribution in [-0.4, -0.2) is 15.0 Å². The van der Waals surface area contributed by atoms with E-state index in [0.717, 1.165) is 21.9 Å². The molecule has 2 aliphatic rings. The van der Waals surface area contributed by atoms with Crippen molar-refractivity contribution >= 4 is 21.9 Å². The van der Waals surface area contributed by atoms with Crippen LogP contribution in [-0.2, 0) is 5.41 Å². The van der Waals surface area contributed by atoms with Crippen LogP contribution in [0.25, 0.3) is 89.5 Å². The van der Waals surface area contributed by atoms with E-state index in [1.807, 2.05) is 54.6 Å². The molecule has 0 saturated carbocycles. The lowest BCUT2D eigenvalue weighted by atomic mass is 9.70. The second-order valence-electron chi connectivity index (χ2n) is 14.3. The van der Waals surface area contributed by atoms with Gasteiger partial charge in [-0.15, -0.1) is 0 Å². The first-order valence-electron chi connectivity index (χ1n) is 21.1. The quantitative estimate of drug-likeness (QED) is 0.182. The van der Waals surface area contributed by atoms with Crippen LogP contribution in [0.3, 0.4) is 0 Å². The van der Waals surface area contributed by atoms with Crippen molar-refractivity contribution in [2.75, 3.05) is 0 Å². The van der Waals surface area contributed by atoms with Gasteiger partial charge in [-0.25, -0.2) is 15.0 Å². The predicted octanol–water partition coefficient (Wildman–Crippen LogP) is 12.8. The molecule has 8 aromatic carbocycles. The summed E-state index contributed by atoms with van der Waals surface area (Å²) in [6, 6.07) is 52.3. The first-order chi connectivity index (χ1) is 29.8. The zero-order chi connectivity index (χ0) is 41.1. The van der Waals surface area contributed by atoms with E-state index in [1.54, 1.807) is 0 Å². The zero-order valence-electron chi connectivity index (χ0n) is 34.8. The third kappa shape index (κ3) is 4.27. The van der Waals surface area contributed by atoms with E-state index in [9.17, 15) is 0 Å². The molecule has 0 saturated heterocycles. The van der Waals surface area contributed by atoms with Crippen LogP contribution in [0.5, 0.6) is 0 Å².